The first-order chi connectivity index (χ1) is 18.6. The van der Waals surface area contributed by atoms with Crippen LogP contribution in [0.5, 0.6) is 0 Å². The highest BCUT2D eigenvalue weighted by Gasteiger charge is 2.28. The Kier molecular flexibility index (Phi) is 24.1. The monoisotopic (exact) mass is 532 g/mol. The van der Waals surface area contributed by atoms with Gasteiger partial charge in [-0.05, 0) is 82.2 Å². The van der Waals surface area contributed by atoms with E-state index >= 15 is 0 Å². The van der Waals surface area contributed by atoms with Crippen molar-refractivity contribution in [1.82, 2.24) is 4.90 Å². The third kappa shape index (κ3) is 20.6. The molecule has 1 atom stereocenters. The van der Waals surface area contributed by atoms with Crippen molar-refractivity contribution in [2.75, 3.05) is 19.6 Å². The number of hydrogen-bond donors (Lipinski definition) is 0. The molecule has 1 heteroatoms. The standard InChI is InChI=1S/C37H73N/c1-5-8-10-11-12-13-14-15-16-17-18-19-20-21-22-23-24-26-30-36(29-25-9-6-2)35-38(7-3)34-33-37(4)31-27-28-32-37/h15-16,36H,5-14,17-35H2,1-4H3/b16-15-. The second kappa shape index (κ2) is 25.7. The molecule has 0 aromatic carbocycles. The summed E-state index contributed by atoms with van der Waals surface area (Å²) in [4.78, 5) is 2.81. The Morgan fingerprint density at radius 2 is 1.05 bits per heavy atom. The van der Waals surface area contributed by atoms with Crippen LogP contribution in [-0.4, -0.2) is 24.5 Å². The SMILES string of the molecule is CCCCCCCC/C=C\CCCCCCCCCCC(CCCCC)CN(CC)CCC1(C)CCCC1. The molecule has 0 aromatic rings. The largest absolute Gasteiger partial charge is 0.303 e. The maximum absolute atomic E-state index is 2.81. The van der Waals surface area contributed by atoms with Crippen molar-refractivity contribution in [2.45, 2.75) is 195 Å². The van der Waals surface area contributed by atoms with Crippen LogP contribution in [0, 0.1) is 11.3 Å². The zero-order chi connectivity index (χ0) is 27.6. The summed E-state index contributed by atoms with van der Waals surface area (Å²) in [5.41, 5.74) is 0.648. The molecule has 1 unspecified atom stereocenters. The highest BCUT2D eigenvalue weighted by Crippen LogP contribution is 2.40. The summed E-state index contributed by atoms with van der Waals surface area (Å²) in [5, 5.41) is 0. The van der Waals surface area contributed by atoms with Crippen LogP contribution >= 0.6 is 0 Å². The molecule has 0 bridgehead atoms. The topological polar surface area (TPSA) is 3.24 Å². The van der Waals surface area contributed by atoms with E-state index in [-0.39, 0.29) is 0 Å². The molecular formula is C37H73N. The van der Waals surface area contributed by atoms with Gasteiger partial charge in [0.1, 0.15) is 0 Å². The molecule has 38 heavy (non-hydrogen) atoms. The van der Waals surface area contributed by atoms with Gasteiger partial charge in [0, 0.05) is 6.54 Å². The Balaban J connectivity index is 2.05. The van der Waals surface area contributed by atoms with E-state index in [9.17, 15) is 0 Å². The highest BCUT2D eigenvalue weighted by molar-refractivity contribution is 4.82. The van der Waals surface area contributed by atoms with Gasteiger partial charge in [0.2, 0.25) is 0 Å². The Morgan fingerprint density at radius 1 is 0.605 bits per heavy atom. The van der Waals surface area contributed by atoms with Crippen LogP contribution in [0.2, 0.25) is 0 Å². The third-order valence-electron chi connectivity index (χ3n) is 9.65. The quantitative estimate of drug-likeness (QED) is 0.0716. The maximum atomic E-state index is 2.81. The summed E-state index contributed by atoms with van der Waals surface area (Å²) < 4.78 is 0. The molecule has 1 saturated carbocycles. The molecule has 0 aromatic heterocycles. The summed E-state index contributed by atoms with van der Waals surface area (Å²) in [6, 6.07) is 0. The summed E-state index contributed by atoms with van der Waals surface area (Å²) in [6.07, 6.45) is 42.1. The van der Waals surface area contributed by atoms with E-state index < -0.39 is 0 Å². The molecule has 1 aliphatic rings. The molecule has 0 aliphatic heterocycles. The van der Waals surface area contributed by atoms with Crippen molar-refractivity contribution in [3.05, 3.63) is 12.2 Å². The minimum Gasteiger partial charge on any atom is -0.303 e. The molecule has 0 spiro atoms. The van der Waals surface area contributed by atoms with E-state index in [1.165, 1.54) is 187 Å². The molecule has 0 saturated heterocycles. The second-order valence-corrected chi connectivity index (χ2v) is 13.5. The third-order valence-corrected chi connectivity index (χ3v) is 9.65. The van der Waals surface area contributed by atoms with Gasteiger partial charge in [0.25, 0.3) is 0 Å². The lowest BCUT2D eigenvalue weighted by Gasteiger charge is -2.31. The van der Waals surface area contributed by atoms with Gasteiger partial charge >= 0.3 is 0 Å². The molecule has 1 fully saturated rings. The Labute approximate surface area is 242 Å². The number of rotatable bonds is 28. The first kappa shape index (κ1) is 35.7. The summed E-state index contributed by atoms with van der Waals surface area (Å²) >= 11 is 0. The van der Waals surface area contributed by atoms with Crippen LogP contribution in [0.4, 0.5) is 0 Å². The summed E-state index contributed by atoms with van der Waals surface area (Å²) in [5.74, 6) is 0.937. The normalized spacial score (nSPS) is 16.2. The lowest BCUT2D eigenvalue weighted by Crippen LogP contribution is -2.33. The van der Waals surface area contributed by atoms with Gasteiger partial charge in [-0.2, -0.15) is 0 Å². The number of allylic oxidation sites excluding steroid dienone is 2. The number of unbranched alkanes of at least 4 members (excludes halogenated alkanes) is 16. The van der Waals surface area contributed by atoms with Gasteiger partial charge in [0.15, 0.2) is 0 Å². The molecule has 0 radical (unpaired) electrons. The van der Waals surface area contributed by atoms with Crippen molar-refractivity contribution in [3.63, 3.8) is 0 Å². The van der Waals surface area contributed by atoms with Gasteiger partial charge in [-0.3, -0.25) is 0 Å². The average Bonchev–Trinajstić information content (AvgIpc) is 3.36. The Morgan fingerprint density at radius 3 is 1.58 bits per heavy atom. The van der Waals surface area contributed by atoms with E-state index in [1.807, 2.05) is 0 Å². The first-order valence-electron chi connectivity index (χ1n) is 18.0. The van der Waals surface area contributed by atoms with Crippen molar-refractivity contribution in [1.29, 1.82) is 0 Å². The van der Waals surface area contributed by atoms with Crippen LogP contribution in [0.25, 0.3) is 0 Å². The van der Waals surface area contributed by atoms with E-state index in [2.05, 4.69) is 44.7 Å². The summed E-state index contributed by atoms with van der Waals surface area (Å²) in [7, 11) is 0. The highest BCUT2D eigenvalue weighted by atomic mass is 15.1. The van der Waals surface area contributed by atoms with Crippen LogP contribution in [0.1, 0.15) is 195 Å². The predicted octanol–water partition coefficient (Wildman–Crippen LogP) is 12.7. The van der Waals surface area contributed by atoms with E-state index in [4.69, 9.17) is 0 Å². The lowest BCUT2D eigenvalue weighted by atomic mass is 9.85. The van der Waals surface area contributed by atoms with Crippen LogP contribution in [0.15, 0.2) is 12.2 Å². The van der Waals surface area contributed by atoms with E-state index in [0.717, 1.165) is 5.92 Å². The van der Waals surface area contributed by atoms with Crippen molar-refractivity contribution in [3.8, 4) is 0 Å². The minimum absolute atomic E-state index is 0.648. The average molecular weight is 532 g/mol. The van der Waals surface area contributed by atoms with Gasteiger partial charge in [-0.15, -0.1) is 0 Å². The summed E-state index contributed by atoms with van der Waals surface area (Å²) in [6.45, 7) is 13.6. The molecule has 1 nitrogen and oxygen atoms in total. The molecular weight excluding hydrogens is 458 g/mol. The van der Waals surface area contributed by atoms with Gasteiger partial charge in [0.05, 0.1) is 0 Å². The zero-order valence-corrected chi connectivity index (χ0v) is 27.2. The van der Waals surface area contributed by atoms with Gasteiger partial charge in [-0.1, -0.05) is 149 Å². The van der Waals surface area contributed by atoms with Gasteiger partial charge in [-0.25, -0.2) is 0 Å². The van der Waals surface area contributed by atoms with Crippen molar-refractivity contribution in [2.24, 2.45) is 11.3 Å². The molecule has 1 rings (SSSR count). The molecule has 0 heterocycles. The smallest absolute Gasteiger partial charge is 0.000954 e. The molecule has 0 N–H and O–H groups in total. The van der Waals surface area contributed by atoms with Crippen LogP contribution in [0.3, 0.4) is 0 Å². The zero-order valence-electron chi connectivity index (χ0n) is 27.2. The molecule has 0 amide bonds. The van der Waals surface area contributed by atoms with E-state index in [0.29, 0.717) is 5.41 Å². The molecule has 226 valence electrons. The van der Waals surface area contributed by atoms with Crippen molar-refractivity contribution < 1.29 is 0 Å². The number of hydrogen-bond acceptors (Lipinski definition) is 1. The lowest BCUT2D eigenvalue weighted by molar-refractivity contribution is 0.181. The fourth-order valence-electron chi connectivity index (χ4n) is 6.69. The fraction of sp³-hybridized carbons (Fsp3) is 0.946. The number of nitrogens with zero attached hydrogens (tertiary/aromatic N) is 1. The fourth-order valence-corrected chi connectivity index (χ4v) is 6.69. The Hall–Kier alpha value is -0.300. The van der Waals surface area contributed by atoms with E-state index in [1.54, 1.807) is 0 Å². The van der Waals surface area contributed by atoms with Crippen LogP contribution in [-0.2, 0) is 0 Å². The predicted molar refractivity (Wildman–Crippen MR) is 174 cm³/mol. The Bertz CT molecular complexity index is 503. The van der Waals surface area contributed by atoms with Gasteiger partial charge < -0.3 is 4.90 Å². The first-order valence-corrected chi connectivity index (χ1v) is 18.0. The minimum atomic E-state index is 0.648. The second-order valence-electron chi connectivity index (χ2n) is 13.5. The van der Waals surface area contributed by atoms with Crippen LogP contribution < -0.4 is 0 Å². The molecule has 1 aliphatic carbocycles. The van der Waals surface area contributed by atoms with Crippen molar-refractivity contribution >= 4 is 0 Å². The maximum Gasteiger partial charge on any atom is 0.000954 e.